The van der Waals surface area contributed by atoms with E-state index < -0.39 is 0 Å². The van der Waals surface area contributed by atoms with Gasteiger partial charge in [0.05, 0.1) is 16.7 Å². The zero-order valence-electron chi connectivity index (χ0n) is 29.7. The molecule has 2 nitrogen and oxygen atoms in total. The van der Waals surface area contributed by atoms with Crippen molar-refractivity contribution in [1.82, 2.24) is 4.57 Å². The van der Waals surface area contributed by atoms with Crippen molar-refractivity contribution in [2.24, 2.45) is 0 Å². The lowest BCUT2D eigenvalue weighted by atomic mass is 10.0. The van der Waals surface area contributed by atoms with Gasteiger partial charge in [0.2, 0.25) is 0 Å². The quantitative estimate of drug-likeness (QED) is 0.162. The van der Waals surface area contributed by atoms with Gasteiger partial charge >= 0.3 is 0 Å². The molecule has 2 heteroatoms. The van der Waals surface area contributed by atoms with E-state index in [0.29, 0.717) is 0 Å². The number of hydrogen-bond donors (Lipinski definition) is 0. The normalized spacial score (nSPS) is 11.3. The van der Waals surface area contributed by atoms with Gasteiger partial charge in [0.25, 0.3) is 0 Å². The molecule has 10 aromatic rings. The van der Waals surface area contributed by atoms with Crippen molar-refractivity contribution in [3.8, 4) is 39.1 Å². The van der Waals surface area contributed by atoms with Gasteiger partial charge in [-0.05, 0) is 99.4 Å². The summed E-state index contributed by atoms with van der Waals surface area (Å²) in [6, 6.07) is 78.8. The average Bonchev–Trinajstić information content (AvgIpc) is 3.58. The van der Waals surface area contributed by atoms with Crippen LogP contribution in [0.5, 0.6) is 0 Å². The first-order chi connectivity index (χ1) is 26.8. The van der Waals surface area contributed by atoms with E-state index in [9.17, 15) is 0 Å². The van der Waals surface area contributed by atoms with Crippen molar-refractivity contribution in [2.75, 3.05) is 4.90 Å². The summed E-state index contributed by atoms with van der Waals surface area (Å²) in [5.41, 5.74) is 14.1. The molecule has 0 N–H and O–H groups in total. The van der Waals surface area contributed by atoms with Crippen LogP contribution in [0.25, 0.3) is 71.6 Å². The van der Waals surface area contributed by atoms with Gasteiger partial charge < -0.3 is 9.47 Å². The van der Waals surface area contributed by atoms with Crippen molar-refractivity contribution in [2.45, 2.75) is 0 Å². The van der Waals surface area contributed by atoms with Crippen molar-refractivity contribution >= 4 is 49.6 Å². The summed E-state index contributed by atoms with van der Waals surface area (Å²) in [6.07, 6.45) is 0. The molecule has 0 saturated carbocycles. The number of nitrogens with zero attached hydrogens (tertiary/aromatic N) is 2. The Morgan fingerprint density at radius 2 is 0.704 bits per heavy atom. The summed E-state index contributed by atoms with van der Waals surface area (Å²) < 4.78 is 2.42. The third-order valence-corrected chi connectivity index (χ3v) is 10.6. The maximum Gasteiger partial charge on any atom is 0.0541 e. The number of benzene rings is 9. The van der Waals surface area contributed by atoms with Gasteiger partial charge in [-0.1, -0.05) is 158 Å². The molecule has 0 fully saturated rings. The van der Waals surface area contributed by atoms with E-state index >= 15 is 0 Å². The fourth-order valence-corrected chi connectivity index (χ4v) is 7.93. The molecular weight excluding hydrogens is 653 g/mol. The monoisotopic (exact) mass is 688 g/mol. The second-order valence-corrected chi connectivity index (χ2v) is 13.8. The first-order valence-corrected chi connectivity index (χ1v) is 18.5. The number of hydrogen-bond acceptors (Lipinski definition) is 1. The van der Waals surface area contributed by atoms with E-state index in [1.807, 2.05) is 0 Å². The number of rotatable bonds is 7. The summed E-state index contributed by atoms with van der Waals surface area (Å²) in [4.78, 5) is 2.34. The van der Waals surface area contributed by atoms with Crippen LogP contribution in [-0.4, -0.2) is 4.57 Å². The third kappa shape index (κ3) is 5.62. The molecule has 0 radical (unpaired) electrons. The Labute approximate surface area is 315 Å². The first kappa shape index (κ1) is 31.6. The Morgan fingerprint density at radius 3 is 1.30 bits per heavy atom. The molecule has 0 aliphatic carbocycles. The van der Waals surface area contributed by atoms with Gasteiger partial charge in [-0.25, -0.2) is 0 Å². The average molecular weight is 689 g/mol. The molecule has 0 spiro atoms. The zero-order valence-corrected chi connectivity index (χ0v) is 29.7. The van der Waals surface area contributed by atoms with Gasteiger partial charge in [0, 0.05) is 33.2 Å². The Morgan fingerprint density at radius 1 is 0.278 bits per heavy atom. The minimum atomic E-state index is 1.10. The summed E-state index contributed by atoms with van der Waals surface area (Å²) in [7, 11) is 0. The van der Waals surface area contributed by atoms with Gasteiger partial charge in [0.1, 0.15) is 0 Å². The lowest BCUT2D eigenvalue weighted by Crippen LogP contribution is -2.09. The summed E-state index contributed by atoms with van der Waals surface area (Å²) in [5.74, 6) is 0. The van der Waals surface area contributed by atoms with Crippen LogP contribution < -0.4 is 4.90 Å². The van der Waals surface area contributed by atoms with E-state index in [1.165, 1.54) is 71.6 Å². The molecule has 54 heavy (non-hydrogen) atoms. The van der Waals surface area contributed by atoms with Crippen LogP contribution in [0.2, 0.25) is 0 Å². The second-order valence-electron chi connectivity index (χ2n) is 13.8. The second kappa shape index (κ2) is 13.4. The molecule has 9 aromatic carbocycles. The maximum atomic E-state index is 2.42. The number of anilines is 3. The molecule has 0 bridgehead atoms. The number of fused-ring (bicyclic) bond motifs is 4. The molecule has 254 valence electrons. The Bertz CT molecular complexity index is 2800. The topological polar surface area (TPSA) is 8.17 Å². The largest absolute Gasteiger partial charge is 0.311 e. The molecule has 0 aliphatic heterocycles. The lowest BCUT2D eigenvalue weighted by Gasteiger charge is -2.26. The van der Waals surface area contributed by atoms with Gasteiger partial charge in [-0.2, -0.15) is 0 Å². The highest BCUT2D eigenvalue weighted by molar-refractivity contribution is 6.11. The number of para-hydroxylation sites is 1. The van der Waals surface area contributed by atoms with Crippen molar-refractivity contribution in [3.63, 3.8) is 0 Å². The fraction of sp³-hybridized carbons (Fsp3) is 0. The van der Waals surface area contributed by atoms with Crippen molar-refractivity contribution in [1.29, 1.82) is 0 Å². The Hall–Kier alpha value is -7.16. The Balaban J connectivity index is 1.04. The molecule has 0 saturated heterocycles. The molecule has 0 aliphatic rings. The van der Waals surface area contributed by atoms with Crippen LogP contribution in [0.1, 0.15) is 0 Å². The minimum Gasteiger partial charge on any atom is -0.311 e. The molecule has 10 rings (SSSR count). The van der Waals surface area contributed by atoms with Crippen LogP contribution in [0.3, 0.4) is 0 Å². The highest BCUT2D eigenvalue weighted by Gasteiger charge is 2.17. The maximum absolute atomic E-state index is 2.42. The van der Waals surface area contributed by atoms with Crippen LogP contribution in [0, 0.1) is 0 Å². The lowest BCUT2D eigenvalue weighted by molar-refractivity contribution is 1.20. The fourth-order valence-electron chi connectivity index (χ4n) is 7.93. The highest BCUT2D eigenvalue weighted by atomic mass is 15.1. The van der Waals surface area contributed by atoms with E-state index in [1.54, 1.807) is 0 Å². The summed E-state index contributed by atoms with van der Waals surface area (Å²) in [5, 5.41) is 4.99. The Kier molecular flexibility index (Phi) is 7.85. The van der Waals surface area contributed by atoms with E-state index in [4.69, 9.17) is 0 Å². The van der Waals surface area contributed by atoms with E-state index in [2.05, 4.69) is 228 Å². The van der Waals surface area contributed by atoms with E-state index in [0.717, 1.165) is 17.1 Å². The molecule has 0 atom stereocenters. The van der Waals surface area contributed by atoms with Crippen LogP contribution in [0.4, 0.5) is 17.1 Å². The SMILES string of the molecule is c1ccc(-c2ccc(N(c3ccc(-c4ccccc4)cc3)c3ccc(-c4ccc5c(c4)c4ccccc4n5-c4cccc5ccccc45)cc3)cc2)cc1. The molecule has 0 unspecified atom stereocenters. The van der Waals surface area contributed by atoms with Gasteiger partial charge in [-0.15, -0.1) is 0 Å². The predicted molar refractivity (Wildman–Crippen MR) is 229 cm³/mol. The van der Waals surface area contributed by atoms with E-state index in [-0.39, 0.29) is 0 Å². The number of aromatic nitrogens is 1. The standard InChI is InChI=1S/C52H36N2/c1-3-12-37(13-4-1)39-22-29-44(30-23-39)53(45-31-24-40(25-32-45)38-14-5-2-6-15-38)46-33-26-41(27-34-46)43-28-35-52-49(36-43)48-19-9-10-20-51(48)54(52)50-21-11-17-42-16-7-8-18-47(42)50/h1-36H. The first-order valence-electron chi connectivity index (χ1n) is 18.5. The summed E-state index contributed by atoms with van der Waals surface area (Å²) >= 11 is 0. The minimum absolute atomic E-state index is 1.10. The predicted octanol–water partition coefficient (Wildman–Crippen LogP) is 14.4. The van der Waals surface area contributed by atoms with Crippen LogP contribution in [-0.2, 0) is 0 Å². The van der Waals surface area contributed by atoms with Gasteiger partial charge in [-0.3, -0.25) is 0 Å². The third-order valence-electron chi connectivity index (χ3n) is 10.6. The molecule has 0 amide bonds. The van der Waals surface area contributed by atoms with Crippen molar-refractivity contribution < 1.29 is 0 Å². The molecule has 1 aromatic heterocycles. The van der Waals surface area contributed by atoms with Crippen LogP contribution in [0.15, 0.2) is 218 Å². The van der Waals surface area contributed by atoms with Gasteiger partial charge in [0.15, 0.2) is 0 Å². The molecule has 1 heterocycles. The summed E-state index contributed by atoms with van der Waals surface area (Å²) in [6.45, 7) is 0. The highest BCUT2D eigenvalue weighted by Crippen LogP contribution is 2.40. The zero-order chi connectivity index (χ0) is 35.8. The molecular formula is C52H36N2. The smallest absolute Gasteiger partial charge is 0.0541 e. The van der Waals surface area contributed by atoms with Crippen LogP contribution >= 0.6 is 0 Å². The van der Waals surface area contributed by atoms with Crippen molar-refractivity contribution in [3.05, 3.63) is 218 Å².